The number of nitrogens with one attached hydrogen (secondary N) is 2. The Hall–Kier alpha value is -0.570. The topological polar surface area (TPSA) is 41.1 Å². The van der Waals surface area contributed by atoms with Gasteiger partial charge < -0.3 is 10.6 Å². The van der Waals surface area contributed by atoms with Gasteiger partial charge in [0.1, 0.15) is 0 Å². The quantitative estimate of drug-likeness (QED) is 0.626. The molecule has 0 aliphatic heterocycles. The highest BCUT2D eigenvalue weighted by molar-refractivity contribution is 5.84. The van der Waals surface area contributed by atoms with Crippen LogP contribution in [0.4, 0.5) is 0 Å². The van der Waals surface area contributed by atoms with Crippen LogP contribution >= 0.6 is 0 Å². The fourth-order valence-corrected chi connectivity index (χ4v) is 0.426. The number of hydrogen-bond acceptors (Lipinski definition) is 2. The van der Waals surface area contributed by atoms with Gasteiger partial charge in [-0.25, -0.2) is 0 Å². The lowest BCUT2D eigenvalue weighted by Gasteiger charge is -2.20. The normalized spacial score (nSPS) is 9.64. The van der Waals surface area contributed by atoms with E-state index in [9.17, 15) is 4.79 Å². The van der Waals surface area contributed by atoms with Crippen LogP contribution in [0.1, 0.15) is 27.7 Å². The lowest BCUT2D eigenvalue weighted by Crippen LogP contribution is -2.49. The van der Waals surface area contributed by atoms with Crippen molar-refractivity contribution in [2.75, 3.05) is 14.1 Å². The fourth-order valence-electron chi connectivity index (χ4n) is 0.426. The van der Waals surface area contributed by atoms with Crippen molar-refractivity contribution in [2.45, 2.75) is 33.2 Å². The Morgan fingerprint density at radius 2 is 1.55 bits per heavy atom. The third kappa shape index (κ3) is 4.79. The van der Waals surface area contributed by atoms with Crippen LogP contribution in [0.2, 0.25) is 0 Å². The maximum absolute atomic E-state index is 10.9. The largest absolute Gasteiger partial charge is 0.358 e. The van der Waals surface area contributed by atoms with Crippen molar-refractivity contribution in [1.29, 1.82) is 0 Å². The zero-order chi connectivity index (χ0) is 9.49. The molecule has 0 aromatic rings. The summed E-state index contributed by atoms with van der Waals surface area (Å²) < 4.78 is 0. The van der Waals surface area contributed by atoms with Crippen molar-refractivity contribution in [1.82, 2.24) is 10.6 Å². The van der Waals surface area contributed by atoms with E-state index in [1.807, 2.05) is 27.7 Å². The summed E-state index contributed by atoms with van der Waals surface area (Å²) in [6.45, 7) is 7.65. The standard InChI is InChI=1S/C6H14N2O.C2H6/c1-6(2,8-4)5(9)7-3;1-2/h8H,1-4H3,(H,7,9);1-2H3. The van der Waals surface area contributed by atoms with Gasteiger partial charge in [0.15, 0.2) is 0 Å². The lowest BCUT2D eigenvalue weighted by atomic mass is 10.1. The molecule has 11 heavy (non-hydrogen) atoms. The summed E-state index contributed by atoms with van der Waals surface area (Å²) >= 11 is 0. The van der Waals surface area contributed by atoms with Crippen molar-refractivity contribution in [3.8, 4) is 0 Å². The molecule has 0 spiro atoms. The van der Waals surface area contributed by atoms with Crippen LogP contribution in [0.15, 0.2) is 0 Å². The van der Waals surface area contributed by atoms with Crippen LogP contribution in [-0.4, -0.2) is 25.5 Å². The molecule has 0 aromatic carbocycles. The summed E-state index contributed by atoms with van der Waals surface area (Å²) in [6.07, 6.45) is 0. The molecule has 0 bridgehead atoms. The van der Waals surface area contributed by atoms with Crippen LogP contribution in [0, 0.1) is 0 Å². The molecule has 3 nitrogen and oxygen atoms in total. The van der Waals surface area contributed by atoms with Gasteiger partial charge in [0.2, 0.25) is 5.91 Å². The summed E-state index contributed by atoms with van der Waals surface area (Å²) in [6, 6.07) is 0. The van der Waals surface area contributed by atoms with E-state index in [0.717, 1.165) is 0 Å². The smallest absolute Gasteiger partial charge is 0.239 e. The Balaban J connectivity index is 0. The van der Waals surface area contributed by atoms with E-state index in [-0.39, 0.29) is 5.91 Å². The van der Waals surface area contributed by atoms with Crippen LogP contribution < -0.4 is 10.6 Å². The van der Waals surface area contributed by atoms with E-state index < -0.39 is 5.54 Å². The molecule has 0 saturated heterocycles. The number of carbonyl (C=O) groups excluding carboxylic acids is 1. The third-order valence-electron chi connectivity index (χ3n) is 1.42. The third-order valence-corrected chi connectivity index (χ3v) is 1.42. The average Bonchev–Trinajstić information content (AvgIpc) is 2.06. The molecule has 0 aliphatic carbocycles. The van der Waals surface area contributed by atoms with Gasteiger partial charge in [-0.05, 0) is 20.9 Å². The van der Waals surface area contributed by atoms with Crippen LogP contribution in [-0.2, 0) is 4.79 Å². The van der Waals surface area contributed by atoms with Gasteiger partial charge in [0.25, 0.3) is 0 Å². The molecule has 68 valence electrons. The molecule has 0 aliphatic rings. The van der Waals surface area contributed by atoms with E-state index in [4.69, 9.17) is 0 Å². The van der Waals surface area contributed by atoms with Gasteiger partial charge in [-0.2, -0.15) is 0 Å². The minimum atomic E-state index is -0.450. The van der Waals surface area contributed by atoms with Gasteiger partial charge in [-0.15, -0.1) is 0 Å². The van der Waals surface area contributed by atoms with E-state index in [1.54, 1.807) is 14.1 Å². The Kier molecular flexibility index (Phi) is 7.31. The first-order valence-electron chi connectivity index (χ1n) is 3.95. The van der Waals surface area contributed by atoms with Crippen molar-refractivity contribution in [2.24, 2.45) is 0 Å². The predicted molar refractivity (Wildman–Crippen MR) is 48.6 cm³/mol. The van der Waals surface area contributed by atoms with Crippen molar-refractivity contribution in [3.63, 3.8) is 0 Å². The minimum absolute atomic E-state index is 0.00463. The molecule has 0 fully saturated rings. The molecule has 2 N–H and O–H groups in total. The zero-order valence-corrected chi connectivity index (χ0v) is 8.41. The summed E-state index contributed by atoms with van der Waals surface area (Å²) in [4.78, 5) is 10.9. The van der Waals surface area contributed by atoms with Gasteiger partial charge in [0, 0.05) is 7.05 Å². The fraction of sp³-hybridized carbons (Fsp3) is 0.875. The maximum Gasteiger partial charge on any atom is 0.239 e. The highest BCUT2D eigenvalue weighted by atomic mass is 16.2. The zero-order valence-electron chi connectivity index (χ0n) is 8.41. The molecular formula is C8H20N2O. The molecule has 0 heterocycles. The lowest BCUT2D eigenvalue weighted by molar-refractivity contribution is -0.125. The molecule has 1 amide bonds. The highest BCUT2D eigenvalue weighted by Crippen LogP contribution is 1.98. The molecule has 0 rings (SSSR count). The number of rotatable bonds is 2. The Bertz CT molecular complexity index is 111. The minimum Gasteiger partial charge on any atom is -0.358 e. The molecular weight excluding hydrogens is 140 g/mol. The summed E-state index contributed by atoms with van der Waals surface area (Å²) in [5.41, 5.74) is -0.450. The van der Waals surface area contributed by atoms with Gasteiger partial charge in [-0.3, -0.25) is 4.79 Å². The van der Waals surface area contributed by atoms with E-state index in [1.165, 1.54) is 0 Å². The molecule has 3 heteroatoms. The summed E-state index contributed by atoms with van der Waals surface area (Å²) in [5, 5.41) is 5.43. The maximum atomic E-state index is 10.9. The number of hydrogen-bond donors (Lipinski definition) is 2. The molecule has 0 radical (unpaired) electrons. The highest BCUT2D eigenvalue weighted by Gasteiger charge is 2.22. The predicted octanol–water partition coefficient (Wildman–Crippen LogP) is 0.757. The number of likely N-dealkylation sites (N-methyl/N-ethyl adjacent to an activating group) is 2. The van der Waals surface area contributed by atoms with E-state index in [0.29, 0.717) is 0 Å². The van der Waals surface area contributed by atoms with Gasteiger partial charge >= 0.3 is 0 Å². The van der Waals surface area contributed by atoms with Gasteiger partial charge in [0.05, 0.1) is 5.54 Å². The molecule has 0 atom stereocenters. The molecule has 0 saturated carbocycles. The first kappa shape index (κ1) is 13.1. The summed E-state index contributed by atoms with van der Waals surface area (Å²) in [7, 11) is 3.39. The van der Waals surface area contributed by atoms with Crippen LogP contribution in [0.3, 0.4) is 0 Å². The van der Waals surface area contributed by atoms with Crippen molar-refractivity contribution < 1.29 is 4.79 Å². The number of amides is 1. The van der Waals surface area contributed by atoms with Gasteiger partial charge in [-0.1, -0.05) is 13.8 Å². The molecule has 0 unspecified atom stereocenters. The Morgan fingerprint density at radius 3 is 1.64 bits per heavy atom. The van der Waals surface area contributed by atoms with Crippen molar-refractivity contribution in [3.05, 3.63) is 0 Å². The second-order valence-corrected chi connectivity index (χ2v) is 2.45. The monoisotopic (exact) mass is 160 g/mol. The summed E-state index contributed by atoms with van der Waals surface area (Å²) in [5.74, 6) is 0.00463. The molecule has 0 aromatic heterocycles. The van der Waals surface area contributed by atoms with E-state index >= 15 is 0 Å². The van der Waals surface area contributed by atoms with E-state index in [2.05, 4.69) is 10.6 Å². The van der Waals surface area contributed by atoms with Crippen molar-refractivity contribution >= 4 is 5.91 Å². The Morgan fingerprint density at radius 1 is 1.18 bits per heavy atom. The first-order chi connectivity index (χ1) is 5.04. The first-order valence-corrected chi connectivity index (χ1v) is 3.95. The number of carbonyl (C=O) groups is 1. The average molecular weight is 160 g/mol. The second-order valence-electron chi connectivity index (χ2n) is 2.45. The second kappa shape index (κ2) is 6.16. The Labute approximate surface area is 69.6 Å². The van der Waals surface area contributed by atoms with Crippen LogP contribution in [0.25, 0.3) is 0 Å². The SMILES string of the molecule is CC.CNC(=O)C(C)(C)NC. The van der Waals surface area contributed by atoms with Crippen LogP contribution in [0.5, 0.6) is 0 Å².